The molecule has 0 amide bonds. The van der Waals surface area contributed by atoms with Crippen LogP contribution in [0.4, 0.5) is 22.7 Å². The first-order chi connectivity index (χ1) is 12.9. The molecule has 122 valence electrons. The summed E-state index contributed by atoms with van der Waals surface area (Å²) in [6, 6.07) is 13.3. The van der Waals surface area contributed by atoms with Gasteiger partial charge in [-0.2, -0.15) is 0 Å². The molecule has 0 atom stereocenters. The van der Waals surface area contributed by atoms with Crippen molar-refractivity contribution in [3.63, 3.8) is 0 Å². The molecule has 0 unspecified atom stereocenters. The molecule has 6 rings (SSSR count). The second-order valence-corrected chi connectivity index (χ2v) is 6.91. The lowest BCUT2D eigenvalue weighted by Gasteiger charge is -2.20. The predicted octanol–water partition coefficient (Wildman–Crippen LogP) is 4.04. The SMILES string of the molecule is C1=CB2Nc3ccc(-c4ccc5c(c4)N4C=CC=CB4N5)cc3N2C=C1. The summed E-state index contributed by atoms with van der Waals surface area (Å²) in [7, 11) is 0. The van der Waals surface area contributed by atoms with Gasteiger partial charge < -0.3 is 20.1 Å². The maximum absolute atomic E-state index is 3.55. The van der Waals surface area contributed by atoms with Crippen molar-refractivity contribution < 1.29 is 0 Å². The van der Waals surface area contributed by atoms with Crippen LogP contribution in [-0.4, -0.2) is 14.0 Å². The van der Waals surface area contributed by atoms with Crippen LogP contribution in [-0.2, 0) is 0 Å². The van der Waals surface area contributed by atoms with Gasteiger partial charge in [-0.15, -0.1) is 0 Å². The van der Waals surface area contributed by atoms with Gasteiger partial charge in [0.15, 0.2) is 0 Å². The molecular formula is C20H16B2N4. The van der Waals surface area contributed by atoms with Gasteiger partial charge in [-0.25, -0.2) is 0 Å². The Morgan fingerprint density at radius 1 is 0.615 bits per heavy atom. The molecule has 0 saturated carbocycles. The van der Waals surface area contributed by atoms with Crippen LogP contribution in [0, 0.1) is 0 Å². The van der Waals surface area contributed by atoms with Crippen molar-refractivity contribution in [3.8, 4) is 11.1 Å². The molecule has 0 bridgehead atoms. The summed E-state index contributed by atoms with van der Waals surface area (Å²) in [5.41, 5.74) is 7.29. The largest absolute Gasteiger partial charge is 0.405 e. The van der Waals surface area contributed by atoms with Crippen LogP contribution in [0.5, 0.6) is 0 Å². The number of benzene rings is 2. The minimum absolute atomic E-state index is 0.223. The minimum Gasteiger partial charge on any atom is -0.404 e. The highest BCUT2D eigenvalue weighted by atomic mass is 15.2. The Bertz CT molecular complexity index is 957. The Morgan fingerprint density at radius 3 is 1.62 bits per heavy atom. The molecule has 0 radical (unpaired) electrons. The van der Waals surface area contributed by atoms with E-state index in [2.05, 4.69) is 105 Å². The van der Waals surface area contributed by atoms with Crippen molar-refractivity contribution in [2.75, 3.05) is 20.1 Å². The van der Waals surface area contributed by atoms with E-state index >= 15 is 0 Å². The van der Waals surface area contributed by atoms with E-state index in [1.54, 1.807) is 0 Å². The summed E-state index contributed by atoms with van der Waals surface area (Å²) in [4.78, 5) is 4.56. The first-order valence-corrected chi connectivity index (χ1v) is 8.95. The molecule has 2 aromatic rings. The third-order valence-corrected chi connectivity index (χ3v) is 5.39. The second-order valence-electron chi connectivity index (χ2n) is 6.91. The maximum atomic E-state index is 3.55. The number of allylic oxidation sites excluding steroid dienone is 4. The van der Waals surface area contributed by atoms with Crippen molar-refractivity contribution in [3.05, 3.63) is 85.1 Å². The molecule has 4 nitrogen and oxygen atoms in total. The highest BCUT2D eigenvalue weighted by molar-refractivity contribution is 6.75. The predicted molar refractivity (Wildman–Crippen MR) is 112 cm³/mol. The first kappa shape index (κ1) is 14.0. The lowest BCUT2D eigenvalue weighted by molar-refractivity contribution is 1.41. The van der Waals surface area contributed by atoms with E-state index < -0.39 is 0 Å². The van der Waals surface area contributed by atoms with Crippen LogP contribution in [0.15, 0.2) is 85.1 Å². The van der Waals surface area contributed by atoms with Crippen LogP contribution in [0.2, 0.25) is 0 Å². The summed E-state index contributed by atoms with van der Waals surface area (Å²) < 4.78 is 0. The lowest BCUT2D eigenvalue weighted by atomic mass is 9.74. The van der Waals surface area contributed by atoms with Crippen LogP contribution >= 0.6 is 0 Å². The number of nitrogens with zero attached hydrogens (tertiary/aromatic N) is 2. The topological polar surface area (TPSA) is 30.5 Å². The normalized spacial score (nSPS) is 17.7. The van der Waals surface area contributed by atoms with Gasteiger partial charge in [-0.3, -0.25) is 0 Å². The average Bonchev–Trinajstić information content (AvgIpc) is 3.25. The number of hydrogen-bond donors (Lipinski definition) is 2. The van der Waals surface area contributed by atoms with Crippen molar-refractivity contribution in [1.82, 2.24) is 0 Å². The molecule has 2 aromatic carbocycles. The fourth-order valence-corrected chi connectivity index (χ4v) is 4.10. The standard InChI is InChI=1S/C20H16B2N4/c1-3-11-25-19-13-15(5-7-17(19)23-21(25)9-1)16-6-8-18-20(14-16)26-12-4-2-10-22(26)24-18/h1-14,23-24H. The van der Waals surface area contributed by atoms with Crippen LogP contribution < -0.4 is 20.1 Å². The quantitative estimate of drug-likeness (QED) is 0.771. The van der Waals surface area contributed by atoms with Crippen molar-refractivity contribution in [2.45, 2.75) is 0 Å². The van der Waals surface area contributed by atoms with E-state index in [0.29, 0.717) is 0 Å². The van der Waals surface area contributed by atoms with Gasteiger partial charge in [0.25, 0.3) is 0 Å². The van der Waals surface area contributed by atoms with Gasteiger partial charge in [-0.1, -0.05) is 36.2 Å². The van der Waals surface area contributed by atoms with E-state index in [-0.39, 0.29) is 14.0 Å². The van der Waals surface area contributed by atoms with E-state index in [1.165, 1.54) is 33.9 Å². The van der Waals surface area contributed by atoms with Crippen LogP contribution in [0.3, 0.4) is 0 Å². The molecule has 6 heteroatoms. The number of rotatable bonds is 1. The van der Waals surface area contributed by atoms with Gasteiger partial charge in [-0.05, 0) is 59.9 Å². The molecular weight excluding hydrogens is 318 g/mol. The van der Waals surface area contributed by atoms with Crippen LogP contribution in [0.1, 0.15) is 0 Å². The van der Waals surface area contributed by atoms with Gasteiger partial charge in [0.05, 0.1) is 11.4 Å². The monoisotopic (exact) mass is 334 g/mol. The number of nitrogens with one attached hydrogen (secondary N) is 2. The lowest BCUT2D eigenvalue weighted by Crippen LogP contribution is -2.36. The molecule has 4 heterocycles. The smallest absolute Gasteiger partial charge is 0.404 e. The zero-order chi connectivity index (χ0) is 17.1. The fraction of sp³-hybridized carbons (Fsp3) is 0. The third kappa shape index (κ3) is 1.93. The zero-order valence-corrected chi connectivity index (χ0v) is 14.1. The van der Waals surface area contributed by atoms with Crippen molar-refractivity contribution >= 4 is 36.7 Å². The van der Waals surface area contributed by atoms with Crippen molar-refractivity contribution in [2.24, 2.45) is 0 Å². The summed E-state index contributed by atoms with van der Waals surface area (Å²) >= 11 is 0. The highest BCUT2D eigenvalue weighted by Crippen LogP contribution is 2.41. The Morgan fingerprint density at radius 2 is 1.12 bits per heavy atom. The summed E-state index contributed by atoms with van der Waals surface area (Å²) in [5, 5.41) is 7.09. The molecule has 2 N–H and O–H groups in total. The molecule has 0 saturated heterocycles. The zero-order valence-electron chi connectivity index (χ0n) is 14.1. The van der Waals surface area contributed by atoms with Gasteiger partial charge in [0, 0.05) is 11.4 Å². The first-order valence-electron chi connectivity index (χ1n) is 8.95. The van der Waals surface area contributed by atoms with Crippen molar-refractivity contribution in [1.29, 1.82) is 0 Å². The fourth-order valence-electron chi connectivity index (χ4n) is 4.10. The third-order valence-electron chi connectivity index (χ3n) is 5.39. The van der Waals surface area contributed by atoms with E-state index in [9.17, 15) is 0 Å². The molecule has 4 aliphatic rings. The van der Waals surface area contributed by atoms with Gasteiger partial charge >= 0.3 is 14.0 Å². The summed E-state index contributed by atoms with van der Waals surface area (Å²) in [6.07, 6.45) is 12.6. The summed E-state index contributed by atoms with van der Waals surface area (Å²) in [6.45, 7) is 0.445. The maximum Gasteiger partial charge on any atom is 0.405 e. The second kappa shape index (κ2) is 5.11. The Labute approximate surface area is 153 Å². The Balaban J connectivity index is 1.41. The Kier molecular flexibility index (Phi) is 2.75. The Hall–Kier alpha value is -3.27. The van der Waals surface area contributed by atoms with Gasteiger partial charge in [0.1, 0.15) is 0 Å². The molecule has 26 heavy (non-hydrogen) atoms. The van der Waals surface area contributed by atoms with E-state index in [0.717, 1.165) is 0 Å². The average molecular weight is 334 g/mol. The molecule has 0 fully saturated rings. The highest BCUT2D eigenvalue weighted by Gasteiger charge is 2.33. The minimum atomic E-state index is 0.223. The number of anilines is 4. The number of hydrogen-bond acceptors (Lipinski definition) is 4. The van der Waals surface area contributed by atoms with E-state index in [1.807, 2.05) is 0 Å². The van der Waals surface area contributed by atoms with Crippen LogP contribution in [0.25, 0.3) is 11.1 Å². The summed E-state index contributed by atoms with van der Waals surface area (Å²) in [5.74, 6) is 4.36. The molecule has 0 aromatic heterocycles. The molecule has 0 spiro atoms. The molecule has 4 aliphatic heterocycles. The number of fused-ring (bicyclic) bond motifs is 6. The molecule has 0 aliphatic carbocycles. The van der Waals surface area contributed by atoms with E-state index in [4.69, 9.17) is 0 Å². The van der Waals surface area contributed by atoms with Gasteiger partial charge in [0.2, 0.25) is 0 Å².